The Labute approximate surface area is 114 Å². The maximum atomic E-state index is 12.2. The first kappa shape index (κ1) is 14.5. The third-order valence-electron chi connectivity index (χ3n) is 3.13. The summed E-state index contributed by atoms with van der Waals surface area (Å²) in [5.41, 5.74) is -0.658. The van der Waals surface area contributed by atoms with Crippen molar-refractivity contribution in [2.45, 2.75) is 31.8 Å². The number of aromatic nitrogens is 2. The molecule has 1 heterocycles. The van der Waals surface area contributed by atoms with Crippen molar-refractivity contribution in [3.05, 3.63) is 39.0 Å². The molecule has 0 saturated carbocycles. The van der Waals surface area contributed by atoms with Crippen molar-refractivity contribution >= 4 is 21.0 Å². The van der Waals surface area contributed by atoms with E-state index in [1.165, 1.54) is 16.7 Å². The molecule has 0 aliphatic carbocycles. The van der Waals surface area contributed by atoms with Crippen molar-refractivity contribution in [1.82, 2.24) is 9.13 Å². The van der Waals surface area contributed by atoms with E-state index in [1.807, 2.05) is 0 Å². The highest BCUT2D eigenvalue weighted by Crippen LogP contribution is 2.15. The van der Waals surface area contributed by atoms with Crippen LogP contribution in [0.15, 0.2) is 32.7 Å². The van der Waals surface area contributed by atoms with Gasteiger partial charge < -0.3 is 0 Å². The van der Waals surface area contributed by atoms with Gasteiger partial charge >= 0.3 is 5.69 Å². The molecule has 0 radical (unpaired) electrons. The monoisotopic (exact) mass is 298 g/mol. The molecule has 2 aromatic rings. The summed E-state index contributed by atoms with van der Waals surface area (Å²) in [6.45, 7) is 3.94. The highest BCUT2D eigenvalue weighted by molar-refractivity contribution is 7.85. The van der Waals surface area contributed by atoms with Gasteiger partial charge in [0.2, 0.25) is 0 Å². The van der Waals surface area contributed by atoms with Gasteiger partial charge in [-0.1, -0.05) is 0 Å². The molecule has 1 aromatic carbocycles. The number of benzene rings is 1. The molecule has 20 heavy (non-hydrogen) atoms. The Bertz CT molecular complexity index is 892. The summed E-state index contributed by atoms with van der Waals surface area (Å²) in [7, 11) is -4.40. The minimum Gasteiger partial charge on any atom is -0.293 e. The molecule has 7 nitrogen and oxygen atoms in total. The van der Waals surface area contributed by atoms with Crippen LogP contribution >= 0.6 is 0 Å². The minimum absolute atomic E-state index is 0.0865. The van der Waals surface area contributed by atoms with Gasteiger partial charge in [-0.05, 0) is 32.0 Å². The minimum atomic E-state index is -4.40. The number of rotatable bonds is 3. The van der Waals surface area contributed by atoms with Crippen LogP contribution in [0.25, 0.3) is 10.9 Å². The van der Waals surface area contributed by atoms with Gasteiger partial charge in [-0.25, -0.2) is 4.79 Å². The summed E-state index contributed by atoms with van der Waals surface area (Å²) < 4.78 is 33.7. The zero-order valence-corrected chi connectivity index (χ0v) is 11.8. The Morgan fingerprint density at radius 3 is 2.20 bits per heavy atom. The fraction of sp³-hybridized carbons (Fsp3) is 0.333. The van der Waals surface area contributed by atoms with E-state index in [4.69, 9.17) is 4.55 Å². The molecule has 0 spiro atoms. The van der Waals surface area contributed by atoms with Crippen LogP contribution < -0.4 is 11.2 Å². The molecule has 1 N–H and O–H groups in total. The maximum absolute atomic E-state index is 12.2. The Kier molecular flexibility index (Phi) is 3.53. The lowest BCUT2D eigenvalue weighted by atomic mass is 10.2. The first-order valence-corrected chi connectivity index (χ1v) is 7.50. The average molecular weight is 298 g/mol. The van der Waals surface area contributed by atoms with Crippen molar-refractivity contribution in [2.24, 2.45) is 0 Å². The summed E-state index contributed by atoms with van der Waals surface area (Å²) >= 11 is 0. The van der Waals surface area contributed by atoms with E-state index >= 15 is 0 Å². The second-order valence-electron chi connectivity index (χ2n) is 4.23. The van der Waals surface area contributed by atoms with E-state index in [1.54, 1.807) is 13.8 Å². The summed E-state index contributed by atoms with van der Waals surface area (Å²) in [5.74, 6) is 0. The first-order valence-electron chi connectivity index (χ1n) is 6.06. The SMILES string of the molecule is CCn1c(=O)c2cc(S(=O)(=O)O)ccc2n(CC)c1=O. The van der Waals surface area contributed by atoms with Gasteiger partial charge in [0, 0.05) is 13.1 Å². The molecule has 0 aliphatic heterocycles. The molecular formula is C12H14N2O5S. The van der Waals surface area contributed by atoms with E-state index in [0.29, 0.717) is 12.1 Å². The number of hydrogen-bond acceptors (Lipinski definition) is 4. The predicted molar refractivity (Wildman–Crippen MR) is 73.6 cm³/mol. The Morgan fingerprint density at radius 1 is 1.10 bits per heavy atom. The third-order valence-corrected chi connectivity index (χ3v) is 3.98. The summed E-state index contributed by atoms with van der Waals surface area (Å²) in [5, 5.41) is 0.0865. The normalized spacial score (nSPS) is 11.9. The highest BCUT2D eigenvalue weighted by Gasteiger charge is 2.15. The van der Waals surface area contributed by atoms with Crippen LogP contribution in [-0.4, -0.2) is 22.1 Å². The second-order valence-corrected chi connectivity index (χ2v) is 5.65. The number of nitrogens with zero attached hydrogens (tertiary/aromatic N) is 2. The van der Waals surface area contributed by atoms with E-state index in [0.717, 1.165) is 10.6 Å². The van der Waals surface area contributed by atoms with Crippen molar-refractivity contribution in [2.75, 3.05) is 0 Å². The molecule has 8 heteroatoms. The van der Waals surface area contributed by atoms with Gasteiger partial charge in [0.05, 0.1) is 15.8 Å². The van der Waals surface area contributed by atoms with Crippen LogP contribution in [0.4, 0.5) is 0 Å². The number of aryl methyl sites for hydroxylation is 1. The van der Waals surface area contributed by atoms with Crippen LogP contribution in [0, 0.1) is 0 Å². The van der Waals surface area contributed by atoms with E-state index in [-0.39, 0.29) is 16.8 Å². The molecule has 1 aromatic heterocycles. The Balaban J connectivity index is 3.04. The van der Waals surface area contributed by atoms with Crippen molar-refractivity contribution in [3.8, 4) is 0 Å². The van der Waals surface area contributed by atoms with Crippen molar-refractivity contribution in [1.29, 1.82) is 0 Å². The van der Waals surface area contributed by atoms with E-state index in [2.05, 4.69) is 0 Å². The van der Waals surface area contributed by atoms with Crippen LogP contribution in [0.3, 0.4) is 0 Å². The standard InChI is InChI=1S/C12H14N2O5S/c1-3-13-10-6-5-8(20(17,18)19)7-9(10)11(15)14(4-2)12(13)16/h5-7H,3-4H2,1-2H3,(H,17,18,19). The molecule has 0 bridgehead atoms. The Hall–Kier alpha value is -1.93. The average Bonchev–Trinajstić information content (AvgIpc) is 2.38. The van der Waals surface area contributed by atoms with E-state index in [9.17, 15) is 18.0 Å². The van der Waals surface area contributed by atoms with Crippen LogP contribution in [0.2, 0.25) is 0 Å². The fourth-order valence-electron chi connectivity index (χ4n) is 2.15. The molecule has 0 atom stereocenters. The van der Waals surface area contributed by atoms with E-state index < -0.39 is 21.4 Å². The van der Waals surface area contributed by atoms with Crippen molar-refractivity contribution < 1.29 is 13.0 Å². The van der Waals surface area contributed by atoms with Gasteiger partial charge in [-0.3, -0.25) is 18.5 Å². The number of hydrogen-bond donors (Lipinski definition) is 1. The van der Waals surface area contributed by atoms with Gasteiger partial charge in [0.1, 0.15) is 0 Å². The zero-order valence-electron chi connectivity index (χ0n) is 11.0. The van der Waals surface area contributed by atoms with Crippen LogP contribution in [0.1, 0.15) is 13.8 Å². The molecule has 0 saturated heterocycles. The largest absolute Gasteiger partial charge is 0.331 e. The maximum Gasteiger partial charge on any atom is 0.331 e. The third kappa shape index (κ3) is 2.16. The second kappa shape index (κ2) is 4.88. The van der Waals surface area contributed by atoms with Gasteiger partial charge in [0.25, 0.3) is 15.7 Å². The molecule has 108 valence electrons. The molecule has 2 rings (SSSR count). The van der Waals surface area contributed by atoms with Crippen LogP contribution in [0.5, 0.6) is 0 Å². The number of fused-ring (bicyclic) bond motifs is 1. The fourth-order valence-corrected chi connectivity index (χ4v) is 2.65. The summed E-state index contributed by atoms with van der Waals surface area (Å²) in [6.07, 6.45) is 0. The zero-order chi connectivity index (χ0) is 15.1. The van der Waals surface area contributed by atoms with Gasteiger partial charge in [-0.15, -0.1) is 0 Å². The molecule has 0 unspecified atom stereocenters. The topological polar surface area (TPSA) is 98.4 Å². The lowest BCUT2D eigenvalue weighted by molar-refractivity contribution is 0.483. The molecule has 0 aliphatic rings. The molecule has 0 fully saturated rings. The highest BCUT2D eigenvalue weighted by atomic mass is 32.2. The van der Waals surface area contributed by atoms with Gasteiger partial charge in [-0.2, -0.15) is 8.42 Å². The smallest absolute Gasteiger partial charge is 0.293 e. The lowest BCUT2D eigenvalue weighted by Gasteiger charge is -2.11. The summed E-state index contributed by atoms with van der Waals surface area (Å²) in [6, 6.07) is 3.61. The first-order chi connectivity index (χ1) is 9.31. The van der Waals surface area contributed by atoms with Crippen molar-refractivity contribution in [3.63, 3.8) is 0 Å². The predicted octanol–water partition coefficient (Wildman–Crippen LogP) is 0.450. The van der Waals surface area contributed by atoms with Gasteiger partial charge in [0.15, 0.2) is 0 Å². The molecular weight excluding hydrogens is 284 g/mol. The molecule has 0 amide bonds. The van der Waals surface area contributed by atoms with Crippen LogP contribution in [-0.2, 0) is 23.2 Å². The quantitative estimate of drug-likeness (QED) is 0.830. The summed E-state index contributed by atoms with van der Waals surface area (Å²) in [4.78, 5) is 23.9. The Morgan fingerprint density at radius 2 is 1.70 bits per heavy atom. The lowest BCUT2D eigenvalue weighted by Crippen LogP contribution is -2.39.